The Morgan fingerprint density at radius 3 is 2.65 bits per heavy atom. The number of carbonyl (C=O) groups excluding carboxylic acids is 1. The Morgan fingerprint density at radius 1 is 1.17 bits per heavy atom. The fourth-order valence-electron chi connectivity index (χ4n) is 3.33. The third-order valence-electron chi connectivity index (χ3n) is 4.62. The first-order chi connectivity index (χ1) is 11.3. The van der Waals surface area contributed by atoms with Gasteiger partial charge in [0.15, 0.2) is 0 Å². The molecule has 2 heterocycles. The fourth-order valence-corrected chi connectivity index (χ4v) is 3.33. The van der Waals surface area contributed by atoms with Gasteiger partial charge in [0, 0.05) is 26.2 Å². The number of hydrogen-bond donors (Lipinski definition) is 1. The molecule has 0 aliphatic carbocycles. The number of hydrogen-bond acceptors (Lipinski definition) is 4. The lowest BCUT2D eigenvalue weighted by Gasteiger charge is -2.28. The molecule has 0 spiro atoms. The second kappa shape index (κ2) is 7.90. The quantitative estimate of drug-likeness (QED) is 0.867. The normalized spacial score (nSPS) is 27.3. The molecule has 2 fully saturated rings. The van der Waals surface area contributed by atoms with E-state index in [-0.39, 0.29) is 24.2 Å². The molecule has 2 N–H and O–H groups in total. The maximum absolute atomic E-state index is 12.9. The molecule has 3 atom stereocenters. The number of benzene rings is 1. The highest BCUT2D eigenvalue weighted by Gasteiger charge is 2.34. The summed E-state index contributed by atoms with van der Waals surface area (Å²) < 4.78 is 11.5. The first-order valence-corrected chi connectivity index (χ1v) is 8.56. The maximum Gasteiger partial charge on any atom is 0.252 e. The molecule has 0 bridgehead atoms. The lowest BCUT2D eigenvalue weighted by Crippen LogP contribution is -2.43. The first kappa shape index (κ1) is 16.4. The number of carbonyl (C=O) groups is 1. The van der Waals surface area contributed by atoms with E-state index in [9.17, 15) is 4.79 Å². The SMILES string of the molecule is NC[C@H]1CC[C@@H](C(=O)N(Cc2ccccc2)CC2CCCO2)O1. The Morgan fingerprint density at radius 2 is 2.00 bits per heavy atom. The summed E-state index contributed by atoms with van der Waals surface area (Å²) in [5.74, 6) is 0.0697. The topological polar surface area (TPSA) is 64.8 Å². The lowest BCUT2D eigenvalue weighted by molar-refractivity contribution is -0.145. The Labute approximate surface area is 137 Å². The van der Waals surface area contributed by atoms with Crippen LogP contribution in [0.2, 0.25) is 0 Å². The van der Waals surface area contributed by atoms with Crippen LogP contribution in [0.3, 0.4) is 0 Å². The van der Waals surface area contributed by atoms with Crippen LogP contribution in [-0.2, 0) is 20.8 Å². The number of ether oxygens (including phenoxy) is 2. The average Bonchev–Trinajstić information content (AvgIpc) is 3.26. The van der Waals surface area contributed by atoms with Gasteiger partial charge in [0.1, 0.15) is 6.10 Å². The van der Waals surface area contributed by atoms with E-state index >= 15 is 0 Å². The average molecular weight is 318 g/mol. The van der Waals surface area contributed by atoms with Gasteiger partial charge in [-0.25, -0.2) is 0 Å². The van der Waals surface area contributed by atoms with Crippen LogP contribution in [0.1, 0.15) is 31.2 Å². The summed E-state index contributed by atoms with van der Waals surface area (Å²) in [5, 5.41) is 0. The Kier molecular flexibility index (Phi) is 5.65. The Bertz CT molecular complexity index is 502. The molecule has 2 aliphatic heterocycles. The summed E-state index contributed by atoms with van der Waals surface area (Å²) in [5.41, 5.74) is 6.79. The number of amides is 1. The molecule has 1 amide bonds. The largest absolute Gasteiger partial charge is 0.376 e. The monoisotopic (exact) mass is 318 g/mol. The number of nitrogens with two attached hydrogens (primary N) is 1. The van der Waals surface area contributed by atoms with Crippen molar-refractivity contribution >= 4 is 5.91 Å². The van der Waals surface area contributed by atoms with Crippen molar-refractivity contribution in [2.75, 3.05) is 19.7 Å². The van der Waals surface area contributed by atoms with Gasteiger partial charge in [-0.05, 0) is 31.2 Å². The van der Waals surface area contributed by atoms with Crippen molar-refractivity contribution in [1.82, 2.24) is 4.90 Å². The minimum Gasteiger partial charge on any atom is -0.376 e. The van der Waals surface area contributed by atoms with Gasteiger partial charge in [-0.3, -0.25) is 4.79 Å². The van der Waals surface area contributed by atoms with Crippen LogP contribution in [-0.4, -0.2) is 48.8 Å². The fraction of sp³-hybridized carbons (Fsp3) is 0.611. The zero-order valence-electron chi connectivity index (χ0n) is 13.5. The number of rotatable bonds is 6. The molecule has 5 nitrogen and oxygen atoms in total. The molecule has 3 rings (SSSR count). The zero-order valence-corrected chi connectivity index (χ0v) is 13.5. The summed E-state index contributed by atoms with van der Waals surface area (Å²) in [6, 6.07) is 10.1. The summed E-state index contributed by atoms with van der Waals surface area (Å²) in [6.07, 6.45) is 3.54. The van der Waals surface area contributed by atoms with Crippen molar-refractivity contribution < 1.29 is 14.3 Å². The summed E-state index contributed by atoms with van der Waals surface area (Å²) in [7, 11) is 0. The second-order valence-corrected chi connectivity index (χ2v) is 6.40. The van der Waals surface area contributed by atoms with Crippen LogP contribution >= 0.6 is 0 Å². The van der Waals surface area contributed by atoms with Gasteiger partial charge in [-0.15, -0.1) is 0 Å². The molecule has 0 aromatic heterocycles. The van der Waals surface area contributed by atoms with Crippen LogP contribution in [0, 0.1) is 0 Å². The van der Waals surface area contributed by atoms with Gasteiger partial charge in [0.2, 0.25) is 0 Å². The molecule has 1 aromatic carbocycles. The molecular weight excluding hydrogens is 292 g/mol. The van der Waals surface area contributed by atoms with Gasteiger partial charge in [0.25, 0.3) is 5.91 Å². The van der Waals surface area contributed by atoms with Gasteiger partial charge in [-0.2, -0.15) is 0 Å². The Hall–Kier alpha value is -1.43. The van der Waals surface area contributed by atoms with Crippen molar-refractivity contribution in [3.8, 4) is 0 Å². The predicted molar refractivity (Wildman–Crippen MR) is 87.8 cm³/mol. The van der Waals surface area contributed by atoms with Crippen LogP contribution in [0.15, 0.2) is 30.3 Å². The standard InChI is InChI=1S/C18H26N2O3/c19-11-15-8-9-17(23-15)18(21)20(13-16-7-4-10-22-16)12-14-5-2-1-3-6-14/h1-3,5-6,15-17H,4,7-13,19H2/t15-,16?,17+/m1/s1. The molecule has 1 unspecified atom stereocenters. The molecule has 23 heavy (non-hydrogen) atoms. The highest BCUT2D eigenvalue weighted by atomic mass is 16.5. The first-order valence-electron chi connectivity index (χ1n) is 8.56. The van der Waals surface area contributed by atoms with Gasteiger partial charge in [0.05, 0.1) is 12.2 Å². The molecule has 2 saturated heterocycles. The lowest BCUT2D eigenvalue weighted by atomic mass is 10.1. The van der Waals surface area contributed by atoms with E-state index in [1.807, 2.05) is 35.2 Å². The van der Waals surface area contributed by atoms with E-state index in [0.29, 0.717) is 19.6 Å². The van der Waals surface area contributed by atoms with E-state index < -0.39 is 0 Å². The molecule has 126 valence electrons. The zero-order chi connectivity index (χ0) is 16.1. The minimum atomic E-state index is -0.353. The predicted octanol–water partition coefficient (Wildman–Crippen LogP) is 1.70. The Balaban J connectivity index is 1.67. The van der Waals surface area contributed by atoms with Crippen molar-refractivity contribution in [2.45, 2.75) is 50.5 Å². The second-order valence-electron chi connectivity index (χ2n) is 6.40. The van der Waals surface area contributed by atoms with Crippen molar-refractivity contribution in [2.24, 2.45) is 5.73 Å². The highest BCUT2D eigenvalue weighted by molar-refractivity contribution is 5.81. The van der Waals surface area contributed by atoms with E-state index in [2.05, 4.69) is 0 Å². The van der Waals surface area contributed by atoms with Crippen molar-refractivity contribution in [3.63, 3.8) is 0 Å². The van der Waals surface area contributed by atoms with Crippen molar-refractivity contribution in [3.05, 3.63) is 35.9 Å². The summed E-state index contributed by atoms with van der Waals surface area (Å²) >= 11 is 0. The van der Waals surface area contributed by atoms with Crippen LogP contribution in [0.5, 0.6) is 0 Å². The highest BCUT2D eigenvalue weighted by Crippen LogP contribution is 2.23. The third-order valence-corrected chi connectivity index (χ3v) is 4.62. The summed E-state index contributed by atoms with van der Waals surface area (Å²) in [6.45, 7) is 2.52. The molecular formula is C18H26N2O3. The minimum absolute atomic E-state index is 0.0188. The van der Waals surface area contributed by atoms with Crippen molar-refractivity contribution in [1.29, 1.82) is 0 Å². The van der Waals surface area contributed by atoms with E-state index in [4.69, 9.17) is 15.2 Å². The molecule has 0 radical (unpaired) electrons. The van der Waals surface area contributed by atoms with Gasteiger partial charge < -0.3 is 20.1 Å². The van der Waals surface area contributed by atoms with E-state index in [1.54, 1.807) is 0 Å². The molecule has 1 aromatic rings. The van der Waals surface area contributed by atoms with Crippen LogP contribution in [0.25, 0.3) is 0 Å². The number of nitrogens with zero attached hydrogens (tertiary/aromatic N) is 1. The molecule has 0 saturated carbocycles. The van der Waals surface area contributed by atoms with Crippen LogP contribution in [0.4, 0.5) is 0 Å². The van der Waals surface area contributed by atoms with E-state index in [1.165, 1.54) is 0 Å². The third kappa shape index (κ3) is 4.31. The molecule has 2 aliphatic rings. The molecule has 5 heteroatoms. The van der Waals surface area contributed by atoms with Crippen LogP contribution < -0.4 is 5.73 Å². The van der Waals surface area contributed by atoms with Gasteiger partial charge >= 0.3 is 0 Å². The van der Waals surface area contributed by atoms with E-state index in [0.717, 1.165) is 37.9 Å². The van der Waals surface area contributed by atoms with Gasteiger partial charge in [-0.1, -0.05) is 30.3 Å². The maximum atomic E-state index is 12.9. The summed E-state index contributed by atoms with van der Waals surface area (Å²) in [4.78, 5) is 14.8. The smallest absolute Gasteiger partial charge is 0.252 e.